The van der Waals surface area contributed by atoms with E-state index in [1.165, 1.54) is 88.7 Å². The predicted molar refractivity (Wildman–Crippen MR) is 410 cm³/mol. The van der Waals surface area contributed by atoms with Crippen LogP contribution < -0.4 is 9.80 Å². The number of nitrogens with zero attached hydrogens (tertiary/aromatic N) is 5. The molecule has 5 nitrogen and oxygen atoms in total. The molecule has 18 rings (SSSR count). The minimum absolute atomic E-state index is 0. The first-order valence-corrected chi connectivity index (χ1v) is 33.6. The summed E-state index contributed by atoms with van der Waals surface area (Å²) in [5, 5.41) is 4.64. The molecule has 0 bridgehead atoms. The van der Waals surface area contributed by atoms with Crippen LogP contribution in [0, 0.1) is 6.07 Å². The average molecular weight is 1450 g/mol. The van der Waals surface area contributed by atoms with Crippen molar-refractivity contribution in [1.82, 2.24) is 15.0 Å². The fourth-order valence-corrected chi connectivity index (χ4v) is 14.8. The first-order valence-electron chi connectivity index (χ1n) is 33.6. The zero-order chi connectivity index (χ0) is 66.2. The first kappa shape index (κ1) is 63.4. The number of anilines is 6. The Balaban J connectivity index is 0.000000151. The largest absolute Gasteiger partial charge is 0.310 e. The summed E-state index contributed by atoms with van der Waals surface area (Å²) >= 11 is 0. The number of para-hydroxylation sites is 2. The molecule has 6 heteroatoms. The Morgan fingerprint density at radius 2 is 0.657 bits per heavy atom. The molecule has 0 unspecified atom stereocenters. The van der Waals surface area contributed by atoms with Gasteiger partial charge in [-0.3, -0.25) is 9.97 Å². The maximum atomic E-state index is 4.67. The zero-order valence-electron chi connectivity index (χ0n) is 55.6. The maximum absolute atomic E-state index is 4.67. The smallest absolute Gasteiger partial charge is 0.0970 e. The van der Waals surface area contributed by atoms with Crippen molar-refractivity contribution in [2.75, 3.05) is 9.80 Å². The number of fused-ring (bicyclic) bond motifs is 10. The molecule has 2 aliphatic carbocycles. The molecule has 0 N–H and O–H groups in total. The second kappa shape index (κ2) is 27.1. The molecule has 0 amide bonds. The van der Waals surface area contributed by atoms with Crippen LogP contribution in [0.5, 0.6) is 0 Å². The number of rotatable bonds is 10. The number of aromatic nitrogens is 3. The third-order valence-electron chi connectivity index (χ3n) is 19.7. The van der Waals surface area contributed by atoms with Crippen LogP contribution >= 0.6 is 0 Å². The molecule has 99 heavy (non-hydrogen) atoms. The third-order valence-corrected chi connectivity index (χ3v) is 19.7. The molecule has 3 heterocycles. The van der Waals surface area contributed by atoms with Crippen LogP contribution in [-0.2, 0) is 30.9 Å². The molecule has 0 saturated carbocycles. The number of hydrogen-bond donors (Lipinski definition) is 0. The Bertz CT molecular complexity index is 5250. The van der Waals surface area contributed by atoms with Crippen molar-refractivity contribution >= 4 is 66.7 Å². The molecule has 0 aliphatic heterocycles. The Morgan fingerprint density at radius 1 is 0.273 bits per heavy atom. The monoisotopic (exact) mass is 1450 g/mol. The second-order valence-corrected chi connectivity index (χ2v) is 26.2. The summed E-state index contributed by atoms with van der Waals surface area (Å²) in [6.07, 6.45) is 5.60. The van der Waals surface area contributed by atoms with Gasteiger partial charge in [0, 0.05) is 94.4 Å². The Labute approximate surface area is 593 Å². The van der Waals surface area contributed by atoms with Gasteiger partial charge in [0.1, 0.15) is 0 Å². The van der Waals surface area contributed by atoms with E-state index >= 15 is 0 Å². The number of hydrogen-bond acceptors (Lipinski definition) is 5. The Morgan fingerprint density at radius 3 is 1.12 bits per heavy atom. The standard InChI is InChI=1S/C54H44N2.C24H16N2.C15H10N.Ir/c1-53(2)49-21-13-11-19-45(49)47-33-31-43(35-51(47)53)55(39-15-7-5-8-16-39)41-27-23-37(24-28-41)38-25-29-42(30-26-38)56(40-17-9-6-10-18-40)44-32-34-48-46-20-12-14-22-50(46)54(3,4)52(48)36-44;1-3-7-17(8-4-1)19-13-15-25-23-21(19)11-12-22-20(14-16-26-24(22)23)18-9-5-2-6-10-18;1-2-7-13(8-3-1)15-14-9-5-4-6-12(14)10-11-16-15;/h5-36H,1-4H3;1-16H;1-7,9-11H;/q;;-1;. The summed E-state index contributed by atoms with van der Waals surface area (Å²) in [7, 11) is 0. The van der Waals surface area contributed by atoms with Crippen LogP contribution in [0.4, 0.5) is 34.1 Å². The molecule has 2 aliphatic rings. The molecule has 0 saturated heterocycles. The molecule has 1 radical (unpaired) electrons. The molecule has 16 aromatic rings. The van der Waals surface area contributed by atoms with E-state index in [4.69, 9.17) is 0 Å². The van der Waals surface area contributed by atoms with E-state index in [1.807, 2.05) is 73.2 Å². The van der Waals surface area contributed by atoms with Crippen LogP contribution in [-0.4, -0.2) is 15.0 Å². The van der Waals surface area contributed by atoms with Crippen molar-refractivity contribution in [1.29, 1.82) is 0 Å². The van der Waals surface area contributed by atoms with Gasteiger partial charge in [0.05, 0.1) is 11.0 Å². The van der Waals surface area contributed by atoms with Crippen LogP contribution in [0.2, 0.25) is 0 Å². The van der Waals surface area contributed by atoms with Gasteiger partial charge in [-0.2, -0.15) is 0 Å². The second-order valence-electron chi connectivity index (χ2n) is 26.2. The summed E-state index contributed by atoms with van der Waals surface area (Å²) in [5.41, 5.74) is 28.6. The molecule has 0 fully saturated rings. The Hall–Kier alpha value is -11.7. The van der Waals surface area contributed by atoms with E-state index in [0.29, 0.717) is 0 Å². The predicted octanol–water partition coefficient (Wildman–Crippen LogP) is 24.7. The summed E-state index contributed by atoms with van der Waals surface area (Å²) in [6, 6.07) is 122. The minimum atomic E-state index is -0.0700. The average Bonchev–Trinajstić information content (AvgIpc) is 1.57. The van der Waals surface area contributed by atoms with Gasteiger partial charge < -0.3 is 14.8 Å². The SMILES string of the molecule is CC1(C)c2ccccc2-c2ccc(N(c3ccccc3)c3ccc(-c4ccc(N(c5ccccc5)c5ccc6c(c5)C(C)(C)c5ccccc5-6)cc4)cc3)cc21.[Ir].[c-]1ccccc1-c1nccc2ccccc12.c1ccc(-c2ccnc3c2ccc2c(-c4ccccc4)ccnc23)cc1. The first-order chi connectivity index (χ1) is 48.2. The molecular weight excluding hydrogens is 1380 g/mol. The molecule has 3 aromatic heterocycles. The van der Waals surface area contributed by atoms with Crippen molar-refractivity contribution < 1.29 is 20.1 Å². The molecular formula is C93H70IrN5-. The minimum Gasteiger partial charge on any atom is -0.310 e. The summed E-state index contributed by atoms with van der Waals surface area (Å²) in [4.78, 5) is 18.5. The third kappa shape index (κ3) is 12.0. The normalized spacial score (nSPS) is 12.5. The quantitative estimate of drug-likeness (QED) is 0.101. The van der Waals surface area contributed by atoms with Gasteiger partial charge in [0.2, 0.25) is 0 Å². The van der Waals surface area contributed by atoms with Gasteiger partial charge in [0.15, 0.2) is 0 Å². The van der Waals surface area contributed by atoms with Crippen molar-refractivity contribution in [2.24, 2.45) is 0 Å². The van der Waals surface area contributed by atoms with E-state index in [0.717, 1.165) is 67.2 Å². The van der Waals surface area contributed by atoms with Gasteiger partial charge in [-0.25, -0.2) is 0 Å². The van der Waals surface area contributed by atoms with Crippen molar-refractivity contribution in [2.45, 2.75) is 38.5 Å². The van der Waals surface area contributed by atoms with Gasteiger partial charge >= 0.3 is 0 Å². The van der Waals surface area contributed by atoms with Crippen molar-refractivity contribution in [3.63, 3.8) is 0 Å². The van der Waals surface area contributed by atoms with Crippen LogP contribution in [0.3, 0.4) is 0 Å². The number of benzene rings is 13. The molecule has 477 valence electrons. The van der Waals surface area contributed by atoms with Crippen molar-refractivity contribution in [3.8, 4) is 66.9 Å². The van der Waals surface area contributed by atoms with E-state index in [2.05, 4.69) is 338 Å². The van der Waals surface area contributed by atoms with E-state index < -0.39 is 0 Å². The summed E-state index contributed by atoms with van der Waals surface area (Å²) in [5.74, 6) is 0. The van der Waals surface area contributed by atoms with Crippen LogP contribution in [0.1, 0.15) is 49.9 Å². The molecule has 0 atom stereocenters. The van der Waals surface area contributed by atoms with Gasteiger partial charge in [0.25, 0.3) is 0 Å². The fraction of sp³-hybridized carbons (Fsp3) is 0.0645. The van der Waals surface area contributed by atoms with Gasteiger partial charge in [-0.15, -0.1) is 35.9 Å². The molecule has 13 aromatic carbocycles. The van der Waals surface area contributed by atoms with Crippen LogP contribution in [0.15, 0.2) is 352 Å². The van der Waals surface area contributed by atoms with E-state index in [1.54, 1.807) is 0 Å². The number of pyridine rings is 3. The van der Waals surface area contributed by atoms with Crippen molar-refractivity contribution in [3.05, 3.63) is 381 Å². The molecule has 0 spiro atoms. The fourth-order valence-electron chi connectivity index (χ4n) is 14.8. The summed E-state index contributed by atoms with van der Waals surface area (Å²) < 4.78 is 0. The van der Waals surface area contributed by atoms with Gasteiger partial charge in [-0.05, 0) is 185 Å². The maximum Gasteiger partial charge on any atom is 0.0970 e. The van der Waals surface area contributed by atoms with E-state index in [9.17, 15) is 0 Å². The van der Waals surface area contributed by atoms with Gasteiger partial charge in [-0.1, -0.05) is 246 Å². The van der Waals surface area contributed by atoms with E-state index in [-0.39, 0.29) is 30.9 Å². The van der Waals surface area contributed by atoms with Crippen LogP contribution in [0.25, 0.3) is 99.5 Å². The zero-order valence-corrected chi connectivity index (χ0v) is 58.0. The Kier molecular flexibility index (Phi) is 17.4. The topological polar surface area (TPSA) is 45.2 Å². The summed E-state index contributed by atoms with van der Waals surface area (Å²) in [6.45, 7) is 9.39.